The second-order valence-corrected chi connectivity index (χ2v) is 5.06. The van der Waals surface area contributed by atoms with Gasteiger partial charge in [0.2, 0.25) is 0 Å². The highest BCUT2D eigenvalue weighted by Crippen LogP contribution is 2.29. The number of non-ortho nitro benzene ring substituents is 1. The van der Waals surface area contributed by atoms with Crippen molar-refractivity contribution in [2.75, 3.05) is 0 Å². The van der Waals surface area contributed by atoms with Crippen molar-refractivity contribution in [3.8, 4) is 11.3 Å². The number of nitrogens with zero attached hydrogens (tertiary/aromatic N) is 2. The molecule has 0 fully saturated rings. The highest BCUT2D eigenvalue weighted by atomic mass is 79.9. The normalized spacial score (nSPS) is 10.2. The lowest BCUT2D eigenvalue weighted by molar-refractivity contribution is -0.384. The van der Waals surface area contributed by atoms with Gasteiger partial charge < -0.3 is 0 Å². The molecule has 0 aliphatic carbocycles. The Bertz CT molecular complexity index is 570. The lowest BCUT2D eigenvalue weighted by Gasteiger charge is -2.03. The summed E-state index contributed by atoms with van der Waals surface area (Å²) in [5, 5.41) is 10.5. The summed E-state index contributed by atoms with van der Waals surface area (Å²) in [6.45, 7) is 0. The predicted molar refractivity (Wildman–Crippen MR) is 71.7 cm³/mol. The van der Waals surface area contributed by atoms with E-state index in [0.717, 1.165) is 20.2 Å². The molecule has 0 bridgehead atoms. The number of nitro groups is 1. The summed E-state index contributed by atoms with van der Waals surface area (Å²) in [5.74, 6) is 0. The van der Waals surface area contributed by atoms with Gasteiger partial charge in [-0.1, -0.05) is 0 Å². The molecule has 17 heavy (non-hydrogen) atoms. The molecule has 0 atom stereocenters. The van der Waals surface area contributed by atoms with Crippen LogP contribution in [0.4, 0.5) is 5.69 Å². The Kier molecular flexibility index (Phi) is 3.54. The maximum Gasteiger partial charge on any atom is 0.269 e. The fourth-order valence-electron chi connectivity index (χ4n) is 1.37. The highest BCUT2D eigenvalue weighted by Gasteiger charge is 2.08. The first-order chi connectivity index (χ1) is 8.08. The Morgan fingerprint density at radius 3 is 2.35 bits per heavy atom. The number of benzene rings is 1. The van der Waals surface area contributed by atoms with Gasteiger partial charge in [0.25, 0.3) is 5.69 Å². The van der Waals surface area contributed by atoms with Crippen molar-refractivity contribution >= 4 is 37.5 Å². The van der Waals surface area contributed by atoms with E-state index in [2.05, 4.69) is 36.8 Å². The van der Waals surface area contributed by atoms with E-state index in [-0.39, 0.29) is 5.69 Å². The number of hydrogen-bond acceptors (Lipinski definition) is 3. The molecule has 86 valence electrons. The zero-order valence-electron chi connectivity index (χ0n) is 8.43. The number of halogens is 2. The Morgan fingerprint density at radius 1 is 1.18 bits per heavy atom. The van der Waals surface area contributed by atoms with Crippen LogP contribution in [0.1, 0.15) is 0 Å². The van der Waals surface area contributed by atoms with Crippen molar-refractivity contribution in [2.24, 2.45) is 0 Å². The van der Waals surface area contributed by atoms with Gasteiger partial charge >= 0.3 is 0 Å². The molecule has 0 spiro atoms. The van der Waals surface area contributed by atoms with Crippen LogP contribution in [0.15, 0.2) is 45.5 Å². The first kappa shape index (κ1) is 12.2. The standard InChI is InChI=1S/C11H6Br2N2O2/c12-8-5-10(13)11(14-6-8)7-1-3-9(4-2-7)15(16)17/h1-6H. The monoisotopic (exact) mass is 356 g/mol. The zero-order valence-corrected chi connectivity index (χ0v) is 11.6. The van der Waals surface area contributed by atoms with Gasteiger partial charge in [0.15, 0.2) is 0 Å². The van der Waals surface area contributed by atoms with Gasteiger partial charge in [0.1, 0.15) is 0 Å². The fraction of sp³-hybridized carbons (Fsp3) is 0. The average molecular weight is 358 g/mol. The summed E-state index contributed by atoms with van der Waals surface area (Å²) in [6.07, 6.45) is 1.68. The topological polar surface area (TPSA) is 56.0 Å². The van der Waals surface area contributed by atoms with E-state index in [1.165, 1.54) is 12.1 Å². The Labute approximate surface area is 114 Å². The predicted octanol–water partition coefficient (Wildman–Crippen LogP) is 4.18. The minimum atomic E-state index is -0.423. The van der Waals surface area contributed by atoms with Crippen LogP contribution < -0.4 is 0 Å². The van der Waals surface area contributed by atoms with Crippen LogP contribution in [0.25, 0.3) is 11.3 Å². The first-order valence-corrected chi connectivity index (χ1v) is 6.22. The third-order valence-corrected chi connectivity index (χ3v) is 3.20. The van der Waals surface area contributed by atoms with Crippen molar-refractivity contribution < 1.29 is 4.92 Å². The van der Waals surface area contributed by atoms with E-state index in [1.54, 1.807) is 18.3 Å². The fourth-order valence-corrected chi connectivity index (χ4v) is 2.58. The maximum absolute atomic E-state index is 10.5. The largest absolute Gasteiger partial charge is 0.269 e. The molecular weight excluding hydrogens is 352 g/mol. The van der Waals surface area contributed by atoms with Gasteiger partial charge in [-0.05, 0) is 50.1 Å². The van der Waals surface area contributed by atoms with Crippen LogP contribution in [0.2, 0.25) is 0 Å². The van der Waals surface area contributed by atoms with Crippen molar-refractivity contribution in [1.82, 2.24) is 4.98 Å². The summed E-state index contributed by atoms with van der Waals surface area (Å²) in [5.41, 5.74) is 1.65. The lowest BCUT2D eigenvalue weighted by Crippen LogP contribution is -1.89. The molecule has 0 unspecified atom stereocenters. The third-order valence-electron chi connectivity index (χ3n) is 2.16. The number of hydrogen-bond donors (Lipinski definition) is 0. The second-order valence-electron chi connectivity index (χ2n) is 3.29. The first-order valence-electron chi connectivity index (χ1n) is 4.64. The molecule has 0 radical (unpaired) electrons. The van der Waals surface area contributed by atoms with Gasteiger partial charge in [0.05, 0.1) is 10.6 Å². The quantitative estimate of drug-likeness (QED) is 0.598. The summed E-state index contributed by atoms with van der Waals surface area (Å²) >= 11 is 6.72. The Morgan fingerprint density at radius 2 is 1.82 bits per heavy atom. The van der Waals surface area contributed by atoms with E-state index in [0.29, 0.717) is 0 Å². The van der Waals surface area contributed by atoms with E-state index in [4.69, 9.17) is 0 Å². The Balaban J connectivity index is 2.43. The summed E-state index contributed by atoms with van der Waals surface area (Å²) in [7, 11) is 0. The molecule has 0 amide bonds. The number of nitro benzene ring substituents is 1. The van der Waals surface area contributed by atoms with Crippen LogP contribution in [0.3, 0.4) is 0 Å². The molecule has 0 aliphatic heterocycles. The van der Waals surface area contributed by atoms with E-state index >= 15 is 0 Å². The van der Waals surface area contributed by atoms with Crippen LogP contribution in [-0.4, -0.2) is 9.91 Å². The maximum atomic E-state index is 10.5. The number of aromatic nitrogens is 1. The number of rotatable bonds is 2. The van der Waals surface area contributed by atoms with Crippen LogP contribution >= 0.6 is 31.9 Å². The minimum absolute atomic E-state index is 0.0713. The molecule has 1 aromatic carbocycles. The minimum Gasteiger partial charge on any atom is -0.258 e. The van der Waals surface area contributed by atoms with Gasteiger partial charge in [-0.2, -0.15) is 0 Å². The van der Waals surface area contributed by atoms with Gasteiger partial charge in [0, 0.05) is 32.8 Å². The highest BCUT2D eigenvalue weighted by molar-refractivity contribution is 9.11. The van der Waals surface area contributed by atoms with E-state index < -0.39 is 4.92 Å². The molecule has 0 saturated heterocycles. The smallest absolute Gasteiger partial charge is 0.258 e. The number of pyridine rings is 1. The van der Waals surface area contributed by atoms with Crippen LogP contribution in [0, 0.1) is 10.1 Å². The molecule has 2 aromatic rings. The molecule has 0 saturated carbocycles. The molecule has 0 aliphatic rings. The van der Waals surface area contributed by atoms with Gasteiger partial charge in [-0.25, -0.2) is 0 Å². The summed E-state index contributed by atoms with van der Waals surface area (Å²) in [4.78, 5) is 14.4. The summed E-state index contributed by atoms with van der Waals surface area (Å²) in [6, 6.07) is 8.17. The molecule has 4 nitrogen and oxygen atoms in total. The zero-order chi connectivity index (χ0) is 12.4. The van der Waals surface area contributed by atoms with Crippen LogP contribution in [0.5, 0.6) is 0 Å². The average Bonchev–Trinajstić information content (AvgIpc) is 2.29. The van der Waals surface area contributed by atoms with Crippen molar-refractivity contribution in [1.29, 1.82) is 0 Å². The molecule has 6 heteroatoms. The SMILES string of the molecule is O=[N+]([O-])c1ccc(-c2ncc(Br)cc2Br)cc1. The molecule has 2 rings (SSSR count). The second kappa shape index (κ2) is 4.93. The van der Waals surface area contributed by atoms with E-state index in [1.807, 2.05) is 6.07 Å². The van der Waals surface area contributed by atoms with E-state index in [9.17, 15) is 10.1 Å². The molecular formula is C11H6Br2N2O2. The van der Waals surface area contributed by atoms with Crippen molar-refractivity contribution in [2.45, 2.75) is 0 Å². The molecule has 1 aromatic heterocycles. The van der Waals surface area contributed by atoms with Crippen molar-refractivity contribution in [3.05, 3.63) is 55.6 Å². The van der Waals surface area contributed by atoms with Crippen LogP contribution in [-0.2, 0) is 0 Å². The van der Waals surface area contributed by atoms with Gasteiger partial charge in [-0.15, -0.1) is 0 Å². The molecule has 1 heterocycles. The lowest BCUT2D eigenvalue weighted by atomic mass is 10.1. The Hall–Kier alpha value is -1.27. The third kappa shape index (κ3) is 2.70. The van der Waals surface area contributed by atoms with Gasteiger partial charge in [-0.3, -0.25) is 15.1 Å². The molecule has 0 N–H and O–H groups in total. The van der Waals surface area contributed by atoms with Crippen molar-refractivity contribution in [3.63, 3.8) is 0 Å². The summed E-state index contributed by atoms with van der Waals surface area (Å²) < 4.78 is 1.70.